The Balaban J connectivity index is 1.36. The Morgan fingerprint density at radius 3 is 2.33 bits per heavy atom. The van der Waals surface area contributed by atoms with Crippen molar-refractivity contribution in [3.8, 4) is 0 Å². The lowest BCUT2D eigenvalue weighted by molar-refractivity contribution is 0.102. The highest BCUT2D eigenvalue weighted by atomic mass is 32.1. The first kappa shape index (κ1) is 21.3. The summed E-state index contributed by atoms with van der Waals surface area (Å²) in [6, 6.07) is 18.2. The predicted molar refractivity (Wildman–Crippen MR) is 134 cm³/mol. The molecule has 4 aromatic rings. The van der Waals surface area contributed by atoms with E-state index in [-0.39, 0.29) is 11.7 Å². The number of aryl methyl sites for hydroxylation is 2. The average Bonchev–Trinajstić information content (AvgIpc) is 3.15. The Labute approximate surface area is 196 Å². The monoisotopic (exact) mass is 455 g/mol. The molecule has 1 aliphatic carbocycles. The molecule has 1 aliphatic rings. The Hall–Kier alpha value is -3.51. The summed E-state index contributed by atoms with van der Waals surface area (Å²) in [5, 5.41) is 3.78. The second-order valence-electron chi connectivity index (χ2n) is 8.43. The zero-order valence-electron chi connectivity index (χ0n) is 18.3. The molecule has 5 rings (SSSR count). The first-order valence-corrected chi connectivity index (χ1v) is 12.1. The lowest BCUT2D eigenvalue weighted by atomic mass is 9.96. The van der Waals surface area contributed by atoms with Gasteiger partial charge in [0.15, 0.2) is 5.78 Å². The topological polar surface area (TPSA) is 85.1 Å². The van der Waals surface area contributed by atoms with E-state index in [1.807, 2.05) is 18.2 Å². The smallest absolute Gasteiger partial charge is 0.267 e. The van der Waals surface area contributed by atoms with Crippen molar-refractivity contribution in [2.24, 2.45) is 0 Å². The molecule has 0 spiro atoms. The number of pyridine rings is 1. The van der Waals surface area contributed by atoms with Gasteiger partial charge >= 0.3 is 0 Å². The molecule has 0 unspecified atom stereocenters. The summed E-state index contributed by atoms with van der Waals surface area (Å²) in [6.45, 7) is 0. The van der Waals surface area contributed by atoms with Gasteiger partial charge in [-0.3, -0.25) is 9.59 Å². The third-order valence-corrected chi connectivity index (χ3v) is 7.26. The summed E-state index contributed by atoms with van der Waals surface area (Å²) in [7, 11) is 0. The number of fused-ring (bicyclic) bond motifs is 2. The second-order valence-corrected chi connectivity index (χ2v) is 9.43. The molecule has 1 amide bonds. The van der Waals surface area contributed by atoms with Gasteiger partial charge in [-0.05, 0) is 61.6 Å². The molecule has 0 saturated carbocycles. The highest BCUT2D eigenvalue weighted by Gasteiger charge is 2.20. The number of hydrogen-bond donors (Lipinski definition) is 2. The van der Waals surface area contributed by atoms with E-state index in [9.17, 15) is 9.59 Å². The van der Waals surface area contributed by atoms with Crippen LogP contribution in [-0.2, 0) is 12.8 Å². The van der Waals surface area contributed by atoms with E-state index in [1.54, 1.807) is 36.4 Å². The fourth-order valence-corrected chi connectivity index (χ4v) is 5.32. The first-order chi connectivity index (χ1) is 16.1. The minimum atomic E-state index is -0.259. The molecular weight excluding hydrogens is 430 g/mol. The normalized spacial score (nSPS) is 13.7. The lowest BCUT2D eigenvalue weighted by Crippen LogP contribution is -2.12. The van der Waals surface area contributed by atoms with E-state index >= 15 is 0 Å². The van der Waals surface area contributed by atoms with Gasteiger partial charge in [-0.15, -0.1) is 11.3 Å². The standard InChI is InChI=1S/C27H25N3O2S/c28-23-21-16-19-10-4-1-2-7-11-22(19)30-27(21)33-25(23)26(32)29-20-14-12-18(13-15-20)24(31)17-8-5-3-6-9-17/h3,5-6,8-9,12-16H,1-2,4,7,10-11,28H2,(H,29,32). The third-order valence-electron chi connectivity index (χ3n) is 6.15. The minimum Gasteiger partial charge on any atom is -0.397 e. The number of carbonyl (C=O) groups is 2. The summed E-state index contributed by atoms with van der Waals surface area (Å²) in [6.07, 6.45) is 6.82. The van der Waals surface area contributed by atoms with Gasteiger partial charge in [-0.1, -0.05) is 43.2 Å². The van der Waals surface area contributed by atoms with Gasteiger partial charge in [0.1, 0.15) is 9.71 Å². The van der Waals surface area contributed by atoms with Crippen LogP contribution in [0.3, 0.4) is 0 Å². The zero-order chi connectivity index (χ0) is 22.8. The molecule has 3 N–H and O–H groups in total. The van der Waals surface area contributed by atoms with Gasteiger partial charge in [-0.25, -0.2) is 4.98 Å². The third kappa shape index (κ3) is 4.39. The van der Waals surface area contributed by atoms with Crippen molar-refractivity contribution in [1.82, 2.24) is 4.98 Å². The minimum absolute atomic E-state index is 0.0520. The van der Waals surface area contributed by atoms with Crippen LogP contribution < -0.4 is 11.1 Å². The number of rotatable bonds is 4. The SMILES string of the molecule is Nc1c(C(=O)Nc2ccc(C(=O)c3ccccc3)cc2)sc2nc3c(cc12)CCCCCC3. The fraction of sp³-hybridized carbons (Fsp3) is 0.222. The Kier molecular flexibility index (Phi) is 5.92. The van der Waals surface area contributed by atoms with Gasteiger partial charge in [0, 0.05) is 27.9 Å². The predicted octanol–water partition coefficient (Wildman–Crippen LogP) is 6.02. The summed E-state index contributed by atoms with van der Waals surface area (Å²) >= 11 is 1.34. The average molecular weight is 456 g/mol. The maximum absolute atomic E-state index is 13.0. The van der Waals surface area contributed by atoms with E-state index < -0.39 is 0 Å². The molecule has 0 bridgehead atoms. The number of ketones is 1. The van der Waals surface area contributed by atoms with Crippen molar-refractivity contribution >= 4 is 44.6 Å². The largest absolute Gasteiger partial charge is 0.397 e. The molecule has 0 radical (unpaired) electrons. The maximum atomic E-state index is 13.0. The van der Waals surface area contributed by atoms with Gasteiger partial charge in [-0.2, -0.15) is 0 Å². The van der Waals surface area contributed by atoms with Crippen molar-refractivity contribution in [2.45, 2.75) is 38.5 Å². The highest BCUT2D eigenvalue weighted by molar-refractivity contribution is 7.21. The molecule has 2 heterocycles. The maximum Gasteiger partial charge on any atom is 0.267 e. The number of nitrogens with zero attached hydrogens (tertiary/aromatic N) is 1. The van der Waals surface area contributed by atoms with E-state index in [2.05, 4.69) is 11.4 Å². The molecule has 166 valence electrons. The molecule has 2 aromatic heterocycles. The molecule has 6 heteroatoms. The van der Waals surface area contributed by atoms with E-state index in [0.29, 0.717) is 27.4 Å². The summed E-state index contributed by atoms with van der Waals surface area (Å²) in [5.41, 5.74) is 11.1. The van der Waals surface area contributed by atoms with Crippen molar-refractivity contribution in [3.05, 3.63) is 87.9 Å². The van der Waals surface area contributed by atoms with Crippen LogP contribution in [0.4, 0.5) is 11.4 Å². The lowest BCUT2D eigenvalue weighted by Gasteiger charge is -2.12. The number of hydrogen-bond acceptors (Lipinski definition) is 5. The number of anilines is 2. The van der Waals surface area contributed by atoms with Crippen molar-refractivity contribution in [1.29, 1.82) is 0 Å². The number of thiophene rings is 1. The van der Waals surface area contributed by atoms with Crippen LogP contribution in [0.15, 0.2) is 60.7 Å². The fourth-order valence-electron chi connectivity index (χ4n) is 4.33. The highest BCUT2D eigenvalue weighted by Crippen LogP contribution is 2.35. The van der Waals surface area contributed by atoms with E-state index in [1.165, 1.54) is 36.2 Å². The molecule has 0 saturated heterocycles. The van der Waals surface area contributed by atoms with Crippen molar-refractivity contribution in [2.75, 3.05) is 11.1 Å². The summed E-state index contributed by atoms with van der Waals surface area (Å²) < 4.78 is 0. The van der Waals surface area contributed by atoms with Gasteiger partial charge in [0.2, 0.25) is 0 Å². The summed E-state index contributed by atoms with van der Waals surface area (Å²) in [5.74, 6) is -0.311. The Morgan fingerprint density at radius 2 is 1.58 bits per heavy atom. The first-order valence-electron chi connectivity index (χ1n) is 11.3. The van der Waals surface area contributed by atoms with Gasteiger partial charge in [0.05, 0.1) is 5.69 Å². The van der Waals surface area contributed by atoms with E-state index in [0.717, 1.165) is 35.2 Å². The van der Waals surface area contributed by atoms with Crippen molar-refractivity contribution in [3.63, 3.8) is 0 Å². The number of amides is 1. The van der Waals surface area contributed by atoms with Crippen molar-refractivity contribution < 1.29 is 9.59 Å². The molecular formula is C27H25N3O2S. The number of benzene rings is 2. The molecule has 2 aromatic carbocycles. The summed E-state index contributed by atoms with van der Waals surface area (Å²) in [4.78, 5) is 31.8. The molecule has 33 heavy (non-hydrogen) atoms. The second kappa shape index (κ2) is 9.16. The Morgan fingerprint density at radius 1 is 0.879 bits per heavy atom. The number of nitrogens with two attached hydrogens (primary N) is 1. The Bertz CT molecular complexity index is 1330. The number of carbonyl (C=O) groups excluding carboxylic acids is 2. The number of nitrogen functional groups attached to an aromatic ring is 1. The molecule has 0 aliphatic heterocycles. The molecule has 0 atom stereocenters. The number of nitrogens with one attached hydrogen (secondary N) is 1. The van der Waals surface area contributed by atoms with Gasteiger partial charge in [0.25, 0.3) is 5.91 Å². The molecule has 5 nitrogen and oxygen atoms in total. The number of aromatic nitrogens is 1. The van der Waals surface area contributed by atoms with E-state index in [4.69, 9.17) is 10.7 Å². The zero-order valence-corrected chi connectivity index (χ0v) is 19.1. The van der Waals surface area contributed by atoms with Crippen LogP contribution >= 0.6 is 11.3 Å². The van der Waals surface area contributed by atoms with Gasteiger partial charge < -0.3 is 11.1 Å². The van der Waals surface area contributed by atoms with Crippen LogP contribution in [-0.4, -0.2) is 16.7 Å². The van der Waals surface area contributed by atoms with Crippen LogP contribution in [0.25, 0.3) is 10.2 Å². The van der Waals surface area contributed by atoms with Crippen LogP contribution in [0.1, 0.15) is 62.5 Å². The van der Waals surface area contributed by atoms with Crippen LogP contribution in [0.5, 0.6) is 0 Å². The quantitative estimate of drug-likeness (QED) is 0.369. The van der Waals surface area contributed by atoms with Crippen LogP contribution in [0.2, 0.25) is 0 Å². The van der Waals surface area contributed by atoms with Crippen LogP contribution in [0, 0.1) is 0 Å². The molecule has 0 fully saturated rings.